The van der Waals surface area contributed by atoms with Crippen LogP contribution in [0.15, 0.2) is 28.4 Å². The molecule has 3 nitrogen and oxygen atoms in total. The van der Waals surface area contributed by atoms with Crippen LogP contribution in [0.5, 0.6) is 0 Å². The average molecular weight is 177 g/mol. The van der Waals surface area contributed by atoms with Crippen molar-refractivity contribution < 1.29 is 0 Å². The highest BCUT2D eigenvalue weighted by Gasteiger charge is 1.97. The summed E-state index contributed by atoms with van der Waals surface area (Å²) >= 11 is 0. The van der Waals surface area contributed by atoms with Crippen molar-refractivity contribution in [1.82, 2.24) is 5.32 Å². The van der Waals surface area contributed by atoms with Crippen LogP contribution >= 0.6 is 0 Å². The Morgan fingerprint density at radius 1 is 1.38 bits per heavy atom. The third-order valence-electron chi connectivity index (χ3n) is 1.86. The monoisotopic (exact) mass is 177 g/mol. The van der Waals surface area contributed by atoms with E-state index < -0.39 is 0 Å². The van der Waals surface area contributed by atoms with Crippen molar-refractivity contribution in [2.75, 3.05) is 14.1 Å². The molecule has 1 rings (SSSR count). The molecule has 3 heteroatoms. The number of hydrogen-bond donors (Lipinski definition) is 1. The first-order valence-corrected chi connectivity index (χ1v) is 4.32. The molecular formula is C10H15N3. The van der Waals surface area contributed by atoms with Crippen LogP contribution in [0.25, 0.3) is 0 Å². The Morgan fingerprint density at radius 2 is 2.15 bits per heavy atom. The number of rotatable bonds is 3. The number of azo groups is 1. The molecule has 0 bridgehead atoms. The Morgan fingerprint density at radius 3 is 2.77 bits per heavy atom. The van der Waals surface area contributed by atoms with Gasteiger partial charge in [-0.1, -0.05) is 12.1 Å². The quantitative estimate of drug-likeness (QED) is 0.707. The summed E-state index contributed by atoms with van der Waals surface area (Å²) in [5.41, 5.74) is 3.34. The Labute approximate surface area is 78.9 Å². The zero-order valence-electron chi connectivity index (χ0n) is 8.33. The molecule has 0 aliphatic rings. The molecule has 0 aromatic heterocycles. The fraction of sp³-hybridized carbons (Fsp3) is 0.400. The highest BCUT2D eigenvalue weighted by atomic mass is 15.1. The topological polar surface area (TPSA) is 36.8 Å². The second-order valence-electron chi connectivity index (χ2n) is 2.95. The van der Waals surface area contributed by atoms with Gasteiger partial charge in [0, 0.05) is 13.6 Å². The Kier molecular flexibility index (Phi) is 3.58. The summed E-state index contributed by atoms with van der Waals surface area (Å²) in [6.45, 7) is 2.90. The molecule has 0 aliphatic carbocycles. The number of aryl methyl sites for hydroxylation is 1. The molecule has 1 aromatic rings. The van der Waals surface area contributed by atoms with Crippen LogP contribution in [0.1, 0.15) is 11.1 Å². The second-order valence-corrected chi connectivity index (χ2v) is 2.95. The zero-order valence-corrected chi connectivity index (χ0v) is 8.33. The minimum Gasteiger partial charge on any atom is -0.316 e. The minimum absolute atomic E-state index is 0.868. The highest BCUT2D eigenvalue weighted by Crippen LogP contribution is 2.20. The van der Waals surface area contributed by atoms with Gasteiger partial charge in [0.2, 0.25) is 0 Å². The molecule has 0 spiro atoms. The van der Waals surface area contributed by atoms with Gasteiger partial charge in [0.05, 0.1) is 5.69 Å². The highest BCUT2D eigenvalue weighted by molar-refractivity contribution is 5.47. The molecular weight excluding hydrogens is 162 g/mol. The lowest BCUT2D eigenvalue weighted by molar-refractivity contribution is 0.817. The molecule has 0 heterocycles. The van der Waals surface area contributed by atoms with Gasteiger partial charge in [-0.15, -0.1) is 0 Å². The maximum Gasteiger partial charge on any atom is 0.0884 e. The molecule has 0 saturated heterocycles. The van der Waals surface area contributed by atoms with Crippen molar-refractivity contribution in [3.05, 3.63) is 29.3 Å². The minimum atomic E-state index is 0.868. The lowest BCUT2D eigenvalue weighted by atomic mass is 10.1. The molecule has 1 aromatic carbocycles. The number of benzene rings is 1. The summed E-state index contributed by atoms with van der Waals surface area (Å²) in [6, 6.07) is 6.22. The van der Waals surface area contributed by atoms with Crippen LogP contribution in [0, 0.1) is 6.92 Å². The van der Waals surface area contributed by atoms with Gasteiger partial charge >= 0.3 is 0 Å². The summed E-state index contributed by atoms with van der Waals surface area (Å²) in [4.78, 5) is 0. The van der Waals surface area contributed by atoms with Gasteiger partial charge in [-0.25, -0.2) is 0 Å². The molecule has 70 valence electrons. The Balaban J connectivity index is 2.96. The first-order chi connectivity index (χ1) is 6.27. The van der Waals surface area contributed by atoms with Gasteiger partial charge in [-0.05, 0) is 31.2 Å². The van der Waals surface area contributed by atoms with Crippen molar-refractivity contribution in [2.24, 2.45) is 10.2 Å². The zero-order chi connectivity index (χ0) is 9.68. The Bertz CT molecular complexity index is 305. The number of nitrogens with zero attached hydrogens (tertiary/aromatic N) is 2. The fourth-order valence-electron chi connectivity index (χ4n) is 1.18. The van der Waals surface area contributed by atoms with E-state index in [1.54, 1.807) is 7.05 Å². The molecule has 1 N–H and O–H groups in total. The van der Waals surface area contributed by atoms with Crippen LogP contribution in [-0.2, 0) is 6.54 Å². The largest absolute Gasteiger partial charge is 0.316 e. The van der Waals surface area contributed by atoms with Crippen LogP contribution < -0.4 is 5.32 Å². The predicted molar refractivity (Wildman–Crippen MR) is 54.4 cm³/mol. The predicted octanol–water partition coefficient (Wildman–Crippen LogP) is 2.43. The van der Waals surface area contributed by atoms with Gasteiger partial charge < -0.3 is 5.32 Å². The lowest BCUT2D eigenvalue weighted by Gasteiger charge is -2.03. The second kappa shape index (κ2) is 4.72. The van der Waals surface area contributed by atoms with Gasteiger partial charge in [-0.2, -0.15) is 10.2 Å². The molecule has 0 saturated carbocycles. The molecule has 13 heavy (non-hydrogen) atoms. The molecule has 0 amide bonds. The first kappa shape index (κ1) is 9.86. The van der Waals surface area contributed by atoms with E-state index in [9.17, 15) is 0 Å². The fourth-order valence-corrected chi connectivity index (χ4v) is 1.18. The average Bonchev–Trinajstić information content (AvgIpc) is 2.12. The van der Waals surface area contributed by atoms with Crippen LogP contribution in [0.2, 0.25) is 0 Å². The van der Waals surface area contributed by atoms with E-state index in [1.807, 2.05) is 14.0 Å². The molecule has 0 radical (unpaired) electrons. The summed E-state index contributed by atoms with van der Waals surface area (Å²) in [5, 5.41) is 10.9. The maximum atomic E-state index is 4.05. The molecule has 0 fully saturated rings. The van der Waals surface area contributed by atoms with E-state index in [0.717, 1.165) is 17.8 Å². The van der Waals surface area contributed by atoms with Gasteiger partial charge in [0.15, 0.2) is 0 Å². The summed E-state index contributed by atoms with van der Waals surface area (Å²) < 4.78 is 0. The van der Waals surface area contributed by atoms with Crippen LogP contribution in [0.3, 0.4) is 0 Å². The van der Waals surface area contributed by atoms with E-state index in [-0.39, 0.29) is 0 Å². The first-order valence-electron chi connectivity index (χ1n) is 4.32. The SMILES string of the molecule is CN=Nc1cc(CNC)ccc1C. The molecule has 0 unspecified atom stereocenters. The maximum absolute atomic E-state index is 4.05. The van der Waals surface area contributed by atoms with E-state index in [4.69, 9.17) is 0 Å². The van der Waals surface area contributed by atoms with E-state index in [1.165, 1.54) is 5.56 Å². The van der Waals surface area contributed by atoms with E-state index in [2.05, 4.69) is 33.7 Å². The summed E-state index contributed by atoms with van der Waals surface area (Å²) in [5.74, 6) is 0. The standard InChI is InChI=1S/C10H15N3/c1-8-4-5-9(7-11-2)6-10(8)13-12-3/h4-6,11H,7H2,1-3H3. The lowest BCUT2D eigenvalue weighted by Crippen LogP contribution is -2.04. The van der Waals surface area contributed by atoms with Crippen molar-refractivity contribution in [3.63, 3.8) is 0 Å². The van der Waals surface area contributed by atoms with Crippen molar-refractivity contribution in [2.45, 2.75) is 13.5 Å². The molecule has 0 aliphatic heterocycles. The van der Waals surface area contributed by atoms with Crippen molar-refractivity contribution in [3.8, 4) is 0 Å². The van der Waals surface area contributed by atoms with Crippen LogP contribution in [-0.4, -0.2) is 14.1 Å². The van der Waals surface area contributed by atoms with Crippen LogP contribution in [0.4, 0.5) is 5.69 Å². The molecule has 0 atom stereocenters. The Hall–Kier alpha value is -1.22. The third kappa shape index (κ3) is 2.63. The summed E-state index contributed by atoms with van der Waals surface area (Å²) in [7, 11) is 3.62. The van der Waals surface area contributed by atoms with E-state index in [0.29, 0.717) is 0 Å². The van der Waals surface area contributed by atoms with Gasteiger partial charge in [0.1, 0.15) is 0 Å². The number of hydrogen-bond acceptors (Lipinski definition) is 3. The third-order valence-corrected chi connectivity index (χ3v) is 1.86. The normalized spacial score (nSPS) is 11.0. The smallest absolute Gasteiger partial charge is 0.0884 e. The number of nitrogens with one attached hydrogen (secondary N) is 1. The van der Waals surface area contributed by atoms with Gasteiger partial charge in [-0.3, -0.25) is 0 Å². The van der Waals surface area contributed by atoms with E-state index >= 15 is 0 Å². The van der Waals surface area contributed by atoms with Crippen molar-refractivity contribution >= 4 is 5.69 Å². The summed E-state index contributed by atoms with van der Waals surface area (Å²) in [6.07, 6.45) is 0. The van der Waals surface area contributed by atoms with Crippen molar-refractivity contribution in [1.29, 1.82) is 0 Å². The van der Waals surface area contributed by atoms with Gasteiger partial charge in [0.25, 0.3) is 0 Å².